The average Bonchev–Trinajstić information content (AvgIpc) is 2.96. The number of nitrogens with one attached hydrogen (secondary N) is 2. The van der Waals surface area contributed by atoms with Gasteiger partial charge in [-0.1, -0.05) is 0 Å². The van der Waals surface area contributed by atoms with Crippen LogP contribution in [0.15, 0.2) is 12.1 Å². The first-order valence-electron chi connectivity index (χ1n) is 7.05. The summed E-state index contributed by atoms with van der Waals surface area (Å²) in [5, 5.41) is 26.5. The van der Waals surface area contributed by atoms with Crippen molar-refractivity contribution in [3.05, 3.63) is 27.8 Å². The van der Waals surface area contributed by atoms with E-state index in [2.05, 4.69) is 10.6 Å². The zero-order valence-corrected chi connectivity index (χ0v) is 12.9. The molecule has 0 aliphatic carbocycles. The second-order valence-electron chi connectivity index (χ2n) is 5.18. The molecule has 1 aromatic rings. The van der Waals surface area contributed by atoms with Gasteiger partial charge in [-0.25, -0.2) is 0 Å². The number of nitrogens with zero attached hydrogens (tertiary/aromatic N) is 1. The van der Waals surface area contributed by atoms with Crippen LogP contribution in [-0.2, 0) is 0 Å². The highest BCUT2D eigenvalue weighted by atomic mass is 16.6. The van der Waals surface area contributed by atoms with Gasteiger partial charge in [-0.2, -0.15) is 0 Å². The zero-order chi connectivity index (χ0) is 17.0. The van der Waals surface area contributed by atoms with E-state index in [1.54, 1.807) is 0 Å². The fourth-order valence-corrected chi connectivity index (χ4v) is 2.46. The van der Waals surface area contributed by atoms with Gasteiger partial charge in [0.15, 0.2) is 5.75 Å². The lowest BCUT2D eigenvalue weighted by Crippen LogP contribution is -2.34. The van der Waals surface area contributed by atoms with Crippen LogP contribution < -0.4 is 20.1 Å². The summed E-state index contributed by atoms with van der Waals surface area (Å²) in [4.78, 5) is 22.7. The molecule has 23 heavy (non-hydrogen) atoms. The van der Waals surface area contributed by atoms with Crippen molar-refractivity contribution >= 4 is 11.6 Å². The number of rotatable bonds is 6. The smallest absolute Gasteiger partial charge is 0.315 e. The highest BCUT2D eigenvalue weighted by molar-refractivity contribution is 5.96. The summed E-state index contributed by atoms with van der Waals surface area (Å²) in [5.41, 5.74) is -0.255. The van der Waals surface area contributed by atoms with Crippen LogP contribution in [-0.4, -0.2) is 55.9 Å². The number of aliphatic hydroxyl groups is 1. The van der Waals surface area contributed by atoms with Crippen molar-refractivity contribution in [3.8, 4) is 11.5 Å². The van der Waals surface area contributed by atoms with Gasteiger partial charge in [0, 0.05) is 31.6 Å². The van der Waals surface area contributed by atoms with E-state index in [1.165, 1.54) is 20.3 Å². The molecular weight excluding hydrogens is 306 g/mol. The van der Waals surface area contributed by atoms with Gasteiger partial charge < -0.3 is 25.2 Å². The summed E-state index contributed by atoms with van der Waals surface area (Å²) in [6.07, 6.45) is -0.518. The fraction of sp³-hybridized carbons (Fsp3) is 0.500. The molecular formula is C14H19N3O6. The summed E-state index contributed by atoms with van der Waals surface area (Å²) < 4.78 is 10.0. The number of nitro benzene ring substituents is 1. The van der Waals surface area contributed by atoms with Gasteiger partial charge in [-0.15, -0.1) is 0 Å². The number of benzene rings is 1. The number of amides is 1. The van der Waals surface area contributed by atoms with Gasteiger partial charge in [0.25, 0.3) is 5.91 Å². The summed E-state index contributed by atoms with van der Waals surface area (Å²) >= 11 is 0. The summed E-state index contributed by atoms with van der Waals surface area (Å²) in [6, 6.07) is 2.52. The average molecular weight is 325 g/mol. The van der Waals surface area contributed by atoms with Crippen molar-refractivity contribution in [2.45, 2.75) is 6.10 Å². The second-order valence-corrected chi connectivity index (χ2v) is 5.18. The number of β-amino-alcohol motifs (C(OH)–C–C–N with tert-alkyl or cyclic N) is 1. The highest BCUT2D eigenvalue weighted by Gasteiger charge is 2.27. The van der Waals surface area contributed by atoms with Crippen molar-refractivity contribution in [2.75, 3.05) is 33.9 Å². The zero-order valence-electron chi connectivity index (χ0n) is 12.9. The SMILES string of the molecule is COc1cc(C(=O)NCC2CNCC2O)cc([N+](=O)[O-])c1OC. The molecule has 1 aliphatic rings. The quantitative estimate of drug-likeness (QED) is 0.494. The highest BCUT2D eigenvalue weighted by Crippen LogP contribution is 2.37. The number of methoxy groups -OCH3 is 2. The van der Waals surface area contributed by atoms with Gasteiger partial charge in [0.1, 0.15) is 0 Å². The van der Waals surface area contributed by atoms with E-state index >= 15 is 0 Å². The minimum atomic E-state index is -0.636. The molecule has 1 heterocycles. The van der Waals surface area contributed by atoms with Gasteiger partial charge in [-0.05, 0) is 6.07 Å². The molecule has 1 aromatic carbocycles. The molecule has 0 aromatic heterocycles. The van der Waals surface area contributed by atoms with E-state index < -0.39 is 16.9 Å². The molecule has 1 fully saturated rings. The standard InChI is InChI=1S/C14H19N3O6/c1-22-12-4-8(3-10(17(20)21)13(12)23-2)14(19)16-6-9-5-15-7-11(9)18/h3-4,9,11,15,18H,5-7H2,1-2H3,(H,16,19). The van der Waals surface area contributed by atoms with E-state index in [4.69, 9.17) is 9.47 Å². The van der Waals surface area contributed by atoms with E-state index in [9.17, 15) is 20.0 Å². The van der Waals surface area contributed by atoms with Crippen LogP contribution in [0.5, 0.6) is 11.5 Å². The largest absolute Gasteiger partial charge is 0.493 e. The van der Waals surface area contributed by atoms with Crippen LogP contribution in [0.4, 0.5) is 5.69 Å². The lowest BCUT2D eigenvalue weighted by Gasteiger charge is -2.15. The summed E-state index contributed by atoms with van der Waals surface area (Å²) in [6.45, 7) is 1.37. The van der Waals surface area contributed by atoms with E-state index in [0.29, 0.717) is 13.1 Å². The molecule has 0 spiro atoms. The van der Waals surface area contributed by atoms with Gasteiger partial charge >= 0.3 is 5.69 Å². The molecule has 2 atom stereocenters. The molecule has 3 N–H and O–H groups in total. The maximum absolute atomic E-state index is 12.2. The second kappa shape index (κ2) is 7.25. The summed E-state index contributed by atoms with van der Waals surface area (Å²) in [5.74, 6) is -0.499. The monoisotopic (exact) mass is 325 g/mol. The normalized spacial score (nSPS) is 20.1. The third-order valence-corrected chi connectivity index (χ3v) is 3.75. The molecule has 0 radical (unpaired) electrons. The van der Waals surface area contributed by atoms with Crippen molar-refractivity contribution < 1.29 is 24.3 Å². The number of carbonyl (C=O) groups is 1. The van der Waals surface area contributed by atoms with Crippen molar-refractivity contribution in [3.63, 3.8) is 0 Å². The number of carbonyl (C=O) groups excluding carboxylic acids is 1. The summed E-state index contributed by atoms with van der Waals surface area (Å²) in [7, 11) is 2.63. The minimum Gasteiger partial charge on any atom is -0.493 e. The van der Waals surface area contributed by atoms with E-state index in [-0.39, 0.29) is 35.2 Å². The number of hydrogen-bond donors (Lipinski definition) is 3. The molecule has 2 unspecified atom stereocenters. The van der Waals surface area contributed by atoms with Crippen molar-refractivity contribution in [1.29, 1.82) is 0 Å². The lowest BCUT2D eigenvalue weighted by molar-refractivity contribution is -0.385. The molecule has 9 heteroatoms. The Kier molecular flexibility index (Phi) is 5.35. The number of hydrogen-bond acceptors (Lipinski definition) is 7. The topological polar surface area (TPSA) is 123 Å². The van der Waals surface area contributed by atoms with Crippen molar-refractivity contribution in [1.82, 2.24) is 10.6 Å². The van der Waals surface area contributed by atoms with Gasteiger partial charge in [0.05, 0.1) is 30.8 Å². The Morgan fingerprint density at radius 3 is 2.70 bits per heavy atom. The molecule has 0 saturated carbocycles. The van der Waals surface area contributed by atoms with Crippen molar-refractivity contribution in [2.24, 2.45) is 5.92 Å². The maximum atomic E-state index is 12.2. The Labute approximate surface area is 132 Å². The third-order valence-electron chi connectivity index (χ3n) is 3.75. The molecule has 1 saturated heterocycles. The Balaban J connectivity index is 2.19. The Morgan fingerprint density at radius 1 is 1.43 bits per heavy atom. The first-order chi connectivity index (χ1) is 11.0. The minimum absolute atomic E-state index is 0.0375. The molecule has 1 amide bonds. The Hall–Kier alpha value is -2.39. The van der Waals surface area contributed by atoms with Gasteiger partial charge in [-0.3, -0.25) is 14.9 Å². The van der Waals surface area contributed by atoms with Gasteiger partial charge in [0.2, 0.25) is 5.75 Å². The van der Waals surface area contributed by atoms with E-state index in [0.717, 1.165) is 6.07 Å². The first kappa shape index (κ1) is 17.0. The van der Waals surface area contributed by atoms with Crippen LogP contribution in [0.25, 0.3) is 0 Å². The predicted octanol–water partition coefficient (Wildman–Crippen LogP) is -0.0779. The first-order valence-corrected chi connectivity index (χ1v) is 7.05. The van der Waals surface area contributed by atoms with Crippen LogP contribution in [0, 0.1) is 16.0 Å². The molecule has 2 rings (SSSR count). The number of nitro groups is 1. The van der Waals surface area contributed by atoms with E-state index in [1.807, 2.05) is 0 Å². The Morgan fingerprint density at radius 2 is 2.17 bits per heavy atom. The lowest BCUT2D eigenvalue weighted by atomic mass is 10.1. The predicted molar refractivity (Wildman–Crippen MR) is 80.9 cm³/mol. The molecule has 0 bridgehead atoms. The van der Waals surface area contributed by atoms with Crippen LogP contribution >= 0.6 is 0 Å². The fourth-order valence-electron chi connectivity index (χ4n) is 2.46. The number of ether oxygens (including phenoxy) is 2. The van der Waals surface area contributed by atoms with Crippen LogP contribution in [0.1, 0.15) is 10.4 Å². The molecule has 9 nitrogen and oxygen atoms in total. The Bertz CT molecular complexity index is 606. The number of aliphatic hydroxyl groups excluding tert-OH is 1. The van der Waals surface area contributed by atoms with Crippen LogP contribution in [0.3, 0.4) is 0 Å². The van der Waals surface area contributed by atoms with Crippen LogP contribution in [0.2, 0.25) is 0 Å². The third kappa shape index (κ3) is 3.69. The maximum Gasteiger partial charge on any atom is 0.315 e. The molecule has 1 aliphatic heterocycles. The molecule has 126 valence electrons.